The van der Waals surface area contributed by atoms with Crippen LogP contribution in [-0.2, 0) is 20.0 Å². The molecular formula is C15H25N3O5S2. The molecule has 1 aliphatic rings. The fraction of sp³-hybridized carbons (Fsp3) is 0.600. The van der Waals surface area contributed by atoms with Crippen LogP contribution in [-0.4, -0.2) is 48.8 Å². The van der Waals surface area contributed by atoms with E-state index in [0.29, 0.717) is 6.54 Å². The van der Waals surface area contributed by atoms with Gasteiger partial charge in [0.2, 0.25) is 20.0 Å². The van der Waals surface area contributed by atoms with Gasteiger partial charge in [0, 0.05) is 18.7 Å². The van der Waals surface area contributed by atoms with Gasteiger partial charge in [0.15, 0.2) is 0 Å². The van der Waals surface area contributed by atoms with Gasteiger partial charge < -0.3 is 10.1 Å². The molecule has 8 nitrogen and oxygen atoms in total. The van der Waals surface area contributed by atoms with E-state index in [0.717, 1.165) is 13.0 Å². The van der Waals surface area contributed by atoms with E-state index in [1.165, 1.54) is 32.2 Å². The van der Waals surface area contributed by atoms with Crippen LogP contribution >= 0.6 is 0 Å². The lowest BCUT2D eigenvalue weighted by molar-refractivity contribution is 0.326. The van der Waals surface area contributed by atoms with Crippen LogP contribution in [0.3, 0.4) is 0 Å². The number of benzene rings is 1. The molecule has 2 rings (SSSR count). The predicted octanol–water partition coefficient (Wildman–Crippen LogP) is 0.733. The van der Waals surface area contributed by atoms with Crippen LogP contribution in [0.1, 0.15) is 20.3 Å². The maximum absolute atomic E-state index is 12.7. The molecule has 25 heavy (non-hydrogen) atoms. The summed E-state index contributed by atoms with van der Waals surface area (Å²) >= 11 is 0. The Morgan fingerprint density at radius 3 is 2.60 bits per heavy atom. The number of methoxy groups -OCH3 is 1. The summed E-state index contributed by atoms with van der Waals surface area (Å²) in [5.74, 6) is 0.224. The van der Waals surface area contributed by atoms with E-state index >= 15 is 0 Å². The molecule has 142 valence electrons. The third-order valence-corrected chi connectivity index (χ3v) is 7.08. The van der Waals surface area contributed by atoms with Crippen LogP contribution in [0, 0.1) is 5.92 Å². The number of nitrogens with one attached hydrogen (secondary N) is 3. The molecule has 0 aromatic heterocycles. The Labute approximate surface area is 149 Å². The quantitative estimate of drug-likeness (QED) is 0.632. The molecule has 0 amide bonds. The van der Waals surface area contributed by atoms with Gasteiger partial charge in [0.1, 0.15) is 10.6 Å². The fourth-order valence-electron chi connectivity index (χ4n) is 2.62. The van der Waals surface area contributed by atoms with Gasteiger partial charge >= 0.3 is 0 Å². The van der Waals surface area contributed by atoms with Gasteiger partial charge in [-0.05, 0) is 37.9 Å². The first-order valence-corrected chi connectivity index (χ1v) is 11.2. The number of hydrogen-bond acceptors (Lipinski definition) is 6. The molecule has 0 saturated carbocycles. The Balaban J connectivity index is 2.28. The molecule has 1 saturated heterocycles. The van der Waals surface area contributed by atoms with E-state index in [9.17, 15) is 16.8 Å². The van der Waals surface area contributed by atoms with E-state index in [1.54, 1.807) is 0 Å². The predicted molar refractivity (Wildman–Crippen MR) is 96.8 cm³/mol. The first kappa shape index (κ1) is 20.0. The lowest BCUT2D eigenvalue weighted by atomic mass is 9.96. The lowest BCUT2D eigenvalue weighted by Crippen LogP contribution is -2.50. The lowest BCUT2D eigenvalue weighted by Gasteiger charge is -2.30. The Morgan fingerprint density at radius 2 is 2.00 bits per heavy atom. The second-order valence-corrected chi connectivity index (χ2v) is 9.76. The van der Waals surface area contributed by atoms with Gasteiger partial charge in [-0.3, -0.25) is 4.72 Å². The third-order valence-electron chi connectivity index (χ3n) is 4.24. The van der Waals surface area contributed by atoms with Crippen molar-refractivity contribution in [1.82, 2.24) is 10.0 Å². The molecule has 2 unspecified atom stereocenters. The number of hydrogen-bond donors (Lipinski definition) is 3. The summed E-state index contributed by atoms with van der Waals surface area (Å²) in [4.78, 5) is -0.0211. The van der Waals surface area contributed by atoms with Crippen molar-refractivity contribution in [3.8, 4) is 5.75 Å². The van der Waals surface area contributed by atoms with Gasteiger partial charge in [-0.2, -0.15) is 0 Å². The fourth-order valence-corrected chi connectivity index (χ4v) is 4.74. The van der Waals surface area contributed by atoms with Crippen molar-refractivity contribution in [3.05, 3.63) is 18.2 Å². The zero-order valence-corrected chi connectivity index (χ0v) is 16.2. The van der Waals surface area contributed by atoms with Crippen LogP contribution in [0.2, 0.25) is 0 Å². The summed E-state index contributed by atoms with van der Waals surface area (Å²) < 4.78 is 59.0. The second kappa shape index (κ2) is 7.90. The molecule has 1 aromatic rings. The van der Waals surface area contributed by atoms with Crippen LogP contribution in [0.25, 0.3) is 0 Å². The minimum absolute atomic E-state index is 0.0211. The molecule has 0 aliphatic carbocycles. The molecule has 1 aliphatic heterocycles. The number of anilines is 1. The van der Waals surface area contributed by atoms with Crippen LogP contribution < -0.4 is 19.5 Å². The average molecular weight is 392 g/mol. The summed E-state index contributed by atoms with van der Waals surface area (Å²) in [5, 5.41) is 3.17. The van der Waals surface area contributed by atoms with Crippen LogP contribution in [0.15, 0.2) is 23.1 Å². The first-order chi connectivity index (χ1) is 11.7. The smallest absolute Gasteiger partial charge is 0.244 e. The zero-order chi connectivity index (χ0) is 18.7. The minimum Gasteiger partial charge on any atom is -0.495 e. The van der Waals surface area contributed by atoms with Crippen molar-refractivity contribution in [2.24, 2.45) is 5.92 Å². The van der Waals surface area contributed by atoms with Crippen molar-refractivity contribution in [2.75, 3.05) is 30.7 Å². The molecule has 0 radical (unpaired) electrons. The van der Waals surface area contributed by atoms with Gasteiger partial charge in [-0.25, -0.2) is 21.6 Å². The number of ether oxygens (including phenoxy) is 1. The zero-order valence-electron chi connectivity index (χ0n) is 14.6. The molecule has 1 heterocycles. The minimum atomic E-state index is -3.79. The van der Waals surface area contributed by atoms with Crippen molar-refractivity contribution < 1.29 is 21.6 Å². The second-order valence-electron chi connectivity index (χ2n) is 6.07. The maximum Gasteiger partial charge on any atom is 0.244 e. The maximum atomic E-state index is 12.7. The molecule has 10 heteroatoms. The Morgan fingerprint density at radius 1 is 1.28 bits per heavy atom. The summed E-state index contributed by atoms with van der Waals surface area (Å²) in [7, 11) is -5.90. The van der Waals surface area contributed by atoms with Crippen molar-refractivity contribution in [1.29, 1.82) is 0 Å². The van der Waals surface area contributed by atoms with Gasteiger partial charge in [-0.1, -0.05) is 6.92 Å². The molecule has 1 aromatic carbocycles. The van der Waals surface area contributed by atoms with E-state index in [-0.39, 0.29) is 34.0 Å². The molecular weight excluding hydrogens is 366 g/mol. The summed E-state index contributed by atoms with van der Waals surface area (Å²) in [6.07, 6.45) is 0.891. The number of piperidine rings is 1. The van der Waals surface area contributed by atoms with E-state index in [2.05, 4.69) is 14.8 Å². The van der Waals surface area contributed by atoms with Gasteiger partial charge in [0.25, 0.3) is 0 Å². The first-order valence-electron chi connectivity index (χ1n) is 8.10. The highest BCUT2D eigenvalue weighted by atomic mass is 32.2. The molecule has 1 fully saturated rings. The van der Waals surface area contributed by atoms with E-state index in [1.807, 2.05) is 6.92 Å². The number of sulfonamides is 2. The summed E-state index contributed by atoms with van der Waals surface area (Å²) in [6.45, 7) is 4.96. The van der Waals surface area contributed by atoms with Crippen LogP contribution in [0.5, 0.6) is 5.75 Å². The highest BCUT2D eigenvalue weighted by molar-refractivity contribution is 7.92. The Kier molecular flexibility index (Phi) is 6.30. The van der Waals surface area contributed by atoms with E-state index in [4.69, 9.17) is 4.74 Å². The topological polar surface area (TPSA) is 114 Å². The summed E-state index contributed by atoms with van der Waals surface area (Å²) in [6, 6.07) is 3.91. The molecule has 0 bridgehead atoms. The van der Waals surface area contributed by atoms with Crippen LogP contribution in [0.4, 0.5) is 5.69 Å². The summed E-state index contributed by atoms with van der Waals surface area (Å²) in [5.41, 5.74) is 0.255. The Hall–Kier alpha value is -1.36. The van der Waals surface area contributed by atoms with Crippen molar-refractivity contribution in [3.63, 3.8) is 0 Å². The largest absolute Gasteiger partial charge is 0.495 e. The van der Waals surface area contributed by atoms with E-state index < -0.39 is 20.0 Å². The van der Waals surface area contributed by atoms with Crippen molar-refractivity contribution in [2.45, 2.75) is 31.2 Å². The molecule has 0 spiro atoms. The van der Waals surface area contributed by atoms with Gasteiger partial charge in [-0.15, -0.1) is 0 Å². The Bertz CT molecular complexity index is 808. The van der Waals surface area contributed by atoms with Crippen molar-refractivity contribution >= 4 is 25.7 Å². The highest BCUT2D eigenvalue weighted by Crippen LogP contribution is 2.28. The van der Waals surface area contributed by atoms with Gasteiger partial charge in [0.05, 0.1) is 18.6 Å². The monoisotopic (exact) mass is 391 g/mol. The highest BCUT2D eigenvalue weighted by Gasteiger charge is 2.28. The normalized spacial score (nSPS) is 21.7. The molecule has 3 N–H and O–H groups in total. The standard InChI is InChI=1S/C15H25N3O5S2/c1-4-24(19,20)17-12-5-6-15(14(9-12)23-3)25(21,22)18-13-10-16-8-7-11(13)2/h5-6,9,11,13,16-18H,4,7-8,10H2,1-3H3. The third kappa shape index (κ3) is 5.06. The number of rotatable bonds is 7. The molecule has 2 atom stereocenters. The average Bonchev–Trinajstić information content (AvgIpc) is 2.56. The SMILES string of the molecule is CCS(=O)(=O)Nc1ccc(S(=O)(=O)NC2CNCCC2C)c(OC)c1.